The molecular formula is C28H29N7O. The quantitative estimate of drug-likeness (QED) is 0.591. The summed E-state index contributed by atoms with van der Waals surface area (Å²) in [5.74, 6) is 2.57. The summed E-state index contributed by atoms with van der Waals surface area (Å²) in [6, 6.07) is 10.6. The molecule has 1 saturated heterocycles. The van der Waals surface area contributed by atoms with E-state index in [0.717, 1.165) is 65.8 Å². The van der Waals surface area contributed by atoms with E-state index in [0.29, 0.717) is 36.4 Å². The van der Waals surface area contributed by atoms with Gasteiger partial charge in [0.15, 0.2) is 0 Å². The van der Waals surface area contributed by atoms with Gasteiger partial charge in [0, 0.05) is 48.6 Å². The van der Waals surface area contributed by atoms with E-state index >= 15 is 0 Å². The summed E-state index contributed by atoms with van der Waals surface area (Å²) in [5, 5.41) is 11.1. The zero-order chi connectivity index (χ0) is 24.4. The van der Waals surface area contributed by atoms with Gasteiger partial charge in [-0.3, -0.25) is 4.79 Å². The molecule has 0 radical (unpaired) electrons. The second kappa shape index (κ2) is 8.16. The van der Waals surface area contributed by atoms with Crippen LogP contribution in [0.15, 0.2) is 30.5 Å². The van der Waals surface area contributed by atoms with E-state index < -0.39 is 0 Å². The molecule has 2 aromatic heterocycles. The van der Waals surface area contributed by atoms with Crippen molar-refractivity contribution in [2.24, 2.45) is 11.8 Å². The number of aromatic nitrogens is 3. The predicted molar refractivity (Wildman–Crippen MR) is 137 cm³/mol. The molecule has 0 unspecified atom stereocenters. The highest BCUT2D eigenvalue weighted by Gasteiger charge is 2.45. The lowest BCUT2D eigenvalue weighted by Gasteiger charge is -2.43. The maximum absolute atomic E-state index is 13.0. The molecule has 36 heavy (non-hydrogen) atoms. The molecular weight excluding hydrogens is 450 g/mol. The van der Waals surface area contributed by atoms with Crippen molar-refractivity contribution in [3.05, 3.63) is 41.7 Å². The third kappa shape index (κ3) is 3.74. The van der Waals surface area contributed by atoms with Crippen LogP contribution in [-0.2, 0) is 4.79 Å². The Balaban J connectivity index is 1.28. The van der Waals surface area contributed by atoms with Crippen molar-refractivity contribution in [1.82, 2.24) is 19.9 Å². The topological polar surface area (TPSA) is 112 Å². The number of fused-ring (bicyclic) bond motifs is 1. The Labute approximate surface area is 210 Å². The summed E-state index contributed by atoms with van der Waals surface area (Å²) in [7, 11) is 0. The Morgan fingerprint density at radius 3 is 2.61 bits per heavy atom. The first-order chi connectivity index (χ1) is 17.6. The van der Waals surface area contributed by atoms with Crippen LogP contribution in [0.5, 0.6) is 0 Å². The molecule has 3 saturated carbocycles. The average Bonchev–Trinajstić information content (AvgIpc) is 3.76. The van der Waals surface area contributed by atoms with Crippen LogP contribution in [0.2, 0.25) is 0 Å². The van der Waals surface area contributed by atoms with E-state index in [9.17, 15) is 10.1 Å². The van der Waals surface area contributed by atoms with Crippen molar-refractivity contribution in [3.63, 3.8) is 0 Å². The second-order valence-electron chi connectivity index (χ2n) is 10.8. The van der Waals surface area contributed by atoms with Gasteiger partial charge in [-0.2, -0.15) is 5.26 Å². The van der Waals surface area contributed by atoms with Crippen LogP contribution in [0.4, 0.5) is 11.8 Å². The van der Waals surface area contributed by atoms with Crippen LogP contribution in [0.3, 0.4) is 0 Å². The number of carbonyl (C=O) groups is 1. The summed E-state index contributed by atoms with van der Waals surface area (Å²) >= 11 is 0. The maximum Gasteiger partial charge on any atom is 0.226 e. The van der Waals surface area contributed by atoms with Crippen LogP contribution < -0.4 is 10.6 Å². The molecule has 3 aliphatic carbocycles. The lowest BCUT2D eigenvalue weighted by Crippen LogP contribution is -2.57. The van der Waals surface area contributed by atoms with Gasteiger partial charge >= 0.3 is 0 Å². The number of nitrogens with zero attached hydrogens (tertiary/aromatic N) is 6. The largest absolute Gasteiger partial charge is 0.368 e. The predicted octanol–water partition coefficient (Wildman–Crippen LogP) is 3.86. The van der Waals surface area contributed by atoms with Crippen molar-refractivity contribution < 1.29 is 4.79 Å². The van der Waals surface area contributed by atoms with E-state index in [-0.39, 0.29) is 17.9 Å². The van der Waals surface area contributed by atoms with E-state index in [1.807, 2.05) is 18.2 Å². The number of amides is 1. The summed E-state index contributed by atoms with van der Waals surface area (Å²) < 4.78 is 0. The van der Waals surface area contributed by atoms with Gasteiger partial charge in [-0.15, -0.1) is 0 Å². The molecule has 0 spiro atoms. The molecule has 8 nitrogen and oxygen atoms in total. The molecule has 4 fully saturated rings. The zero-order valence-electron chi connectivity index (χ0n) is 20.2. The maximum atomic E-state index is 13.0. The summed E-state index contributed by atoms with van der Waals surface area (Å²) in [4.78, 5) is 31.2. The van der Waals surface area contributed by atoms with Gasteiger partial charge in [0.25, 0.3) is 0 Å². The zero-order valence-corrected chi connectivity index (χ0v) is 20.2. The van der Waals surface area contributed by atoms with E-state index in [4.69, 9.17) is 10.7 Å². The van der Waals surface area contributed by atoms with Crippen molar-refractivity contribution in [1.29, 1.82) is 5.26 Å². The molecule has 3 aromatic rings. The summed E-state index contributed by atoms with van der Waals surface area (Å²) in [5.41, 5.74) is 10.2. The Bertz CT molecular complexity index is 1420. The number of hydrogen-bond donors (Lipinski definition) is 1. The highest BCUT2D eigenvalue weighted by molar-refractivity contribution is 5.95. The van der Waals surface area contributed by atoms with Crippen LogP contribution in [0, 0.1) is 23.2 Å². The van der Waals surface area contributed by atoms with Gasteiger partial charge in [0.1, 0.15) is 11.9 Å². The number of carbonyl (C=O) groups excluding carboxylic acids is 1. The Morgan fingerprint density at radius 2 is 1.89 bits per heavy atom. The van der Waals surface area contributed by atoms with Crippen LogP contribution >= 0.6 is 0 Å². The monoisotopic (exact) mass is 479 g/mol. The third-order valence-corrected chi connectivity index (χ3v) is 8.14. The number of hydrogen-bond acceptors (Lipinski definition) is 7. The second-order valence-corrected chi connectivity index (χ2v) is 10.8. The van der Waals surface area contributed by atoms with Gasteiger partial charge in [-0.25, -0.2) is 15.0 Å². The summed E-state index contributed by atoms with van der Waals surface area (Å²) in [6.07, 6.45) is 8.42. The normalized spacial score (nSPS) is 22.0. The molecule has 1 aromatic carbocycles. The molecule has 8 heteroatoms. The highest BCUT2D eigenvalue weighted by atomic mass is 16.2. The molecule has 0 bridgehead atoms. The van der Waals surface area contributed by atoms with Crippen molar-refractivity contribution in [2.45, 2.75) is 50.5 Å². The number of nitrogens with two attached hydrogens (primary N) is 1. The van der Waals surface area contributed by atoms with Gasteiger partial charge in [-0.1, -0.05) is 12.1 Å². The molecule has 1 amide bonds. The van der Waals surface area contributed by atoms with Crippen LogP contribution in [0.25, 0.3) is 22.0 Å². The fraction of sp³-hybridized carbons (Fsp3) is 0.464. The van der Waals surface area contributed by atoms with Crippen molar-refractivity contribution in [2.75, 3.05) is 30.3 Å². The van der Waals surface area contributed by atoms with Crippen LogP contribution in [0.1, 0.15) is 55.7 Å². The Hall–Kier alpha value is -3.73. The van der Waals surface area contributed by atoms with Gasteiger partial charge in [0.2, 0.25) is 11.9 Å². The lowest BCUT2D eigenvalue weighted by atomic mass is 9.96. The number of piperazine rings is 1. The number of benzene rings is 1. The molecule has 3 heterocycles. The van der Waals surface area contributed by atoms with Gasteiger partial charge < -0.3 is 15.5 Å². The average molecular weight is 480 g/mol. The molecule has 1 aliphatic heterocycles. The van der Waals surface area contributed by atoms with E-state index in [2.05, 4.69) is 31.9 Å². The smallest absolute Gasteiger partial charge is 0.226 e. The molecule has 1 atom stereocenters. The SMILES string of the molecule is N#Cc1cc(-c2cccc3nc(N)ncc23)c(C2CC2)nc1N1CCN(C(=O)C2CC2)[C@H](C2CC2)C1. The Morgan fingerprint density at radius 1 is 1.06 bits per heavy atom. The first-order valence-electron chi connectivity index (χ1n) is 13.1. The number of rotatable bonds is 5. The standard InChI is InChI=1S/C28H29N7O/c29-13-19-12-21(20-2-1-3-23-22(20)14-31-28(30)32-23)25(17-6-7-17)33-26(19)34-10-11-35(27(36)18-8-9-18)24(15-34)16-4-5-16/h1-3,12,14,16-18,24H,4-11,15H2,(H2,30,31,32)/t24-/m0/s1. The molecule has 7 rings (SSSR count). The fourth-order valence-electron chi connectivity index (χ4n) is 5.75. The van der Waals surface area contributed by atoms with Crippen molar-refractivity contribution in [3.8, 4) is 17.2 Å². The number of pyridine rings is 1. The number of nitrogen functional groups attached to an aromatic ring is 1. The molecule has 2 N–H and O–H groups in total. The van der Waals surface area contributed by atoms with Crippen LogP contribution in [-0.4, -0.2) is 51.4 Å². The summed E-state index contributed by atoms with van der Waals surface area (Å²) in [6.45, 7) is 2.19. The van der Waals surface area contributed by atoms with Crippen molar-refractivity contribution >= 4 is 28.6 Å². The highest BCUT2D eigenvalue weighted by Crippen LogP contribution is 2.46. The lowest BCUT2D eigenvalue weighted by molar-refractivity contribution is -0.135. The molecule has 4 aliphatic rings. The number of nitriles is 1. The van der Waals surface area contributed by atoms with Gasteiger partial charge in [0.05, 0.1) is 22.8 Å². The Kier molecular flexibility index (Phi) is 4.88. The first kappa shape index (κ1) is 21.5. The fourth-order valence-corrected chi connectivity index (χ4v) is 5.75. The van der Waals surface area contributed by atoms with Gasteiger partial charge in [-0.05, 0) is 62.1 Å². The van der Waals surface area contributed by atoms with E-state index in [1.54, 1.807) is 6.20 Å². The first-order valence-corrected chi connectivity index (χ1v) is 13.1. The number of anilines is 2. The minimum atomic E-state index is 0.227. The van der Waals surface area contributed by atoms with E-state index in [1.165, 1.54) is 12.8 Å². The third-order valence-electron chi connectivity index (χ3n) is 8.14. The molecule has 182 valence electrons. The minimum Gasteiger partial charge on any atom is -0.368 e. The minimum absolute atomic E-state index is 0.227.